The van der Waals surface area contributed by atoms with Gasteiger partial charge >= 0.3 is 0 Å². The van der Waals surface area contributed by atoms with Crippen LogP contribution in [-0.4, -0.2) is 42.4 Å². The van der Waals surface area contributed by atoms with Crippen molar-refractivity contribution < 1.29 is 9.84 Å². The van der Waals surface area contributed by atoms with Gasteiger partial charge in [0.25, 0.3) is 0 Å². The Labute approximate surface area is 154 Å². The third-order valence-electron chi connectivity index (χ3n) is 5.37. The third kappa shape index (κ3) is 7.47. The van der Waals surface area contributed by atoms with Crippen LogP contribution >= 0.6 is 0 Å². The largest absolute Gasteiger partial charge is 0.387 e. The molecule has 0 bridgehead atoms. The van der Waals surface area contributed by atoms with E-state index in [-0.39, 0.29) is 6.04 Å². The Bertz CT molecular complexity index is 431. The molecule has 0 aliphatic carbocycles. The normalized spacial score (nSPS) is 18.2. The average Bonchev–Trinajstić information content (AvgIpc) is 2.68. The molecule has 1 N–H and O–H groups in total. The van der Waals surface area contributed by atoms with Crippen molar-refractivity contribution in [3.05, 3.63) is 35.9 Å². The van der Waals surface area contributed by atoms with Crippen LogP contribution in [0.3, 0.4) is 0 Å². The molecule has 0 amide bonds. The summed E-state index contributed by atoms with van der Waals surface area (Å²) in [6.45, 7) is 5.71. The topological polar surface area (TPSA) is 32.7 Å². The number of rotatable bonds is 12. The lowest BCUT2D eigenvalue weighted by atomic mass is 9.95. The summed E-state index contributed by atoms with van der Waals surface area (Å²) >= 11 is 0. The number of ether oxygens (including phenoxy) is 1. The highest BCUT2D eigenvalue weighted by Crippen LogP contribution is 2.26. The van der Waals surface area contributed by atoms with Crippen LogP contribution in [0.5, 0.6) is 0 Å². The minimum atomic E-state index is -0.399. The van der Waals surface area contributed by atoms with E-state index in [9.17, 15) is 5.11 Å². The highest BCUT2D eigenvalue weighted by molar-refractivity contribution is 5.19. The first-order valence-electron chi connectivity index (χ1n) is 10.4. The van der Waals surface area contributed by atoms with E-state index in [2.05, 4.69) is 11.8 Å². The number of hydrogen-bond donors (Lipinski definition) is 1. The first-order chi connectivity index (χ1) is 12.3. The first kappa shape index (κ1) is 20.4. The molecule has 25 heavy (non-hydrogen) atoms. The van der Waals surface area contributed by atoms with Crippen LogP contribution < -0.4 is 0 Å². The summed E-state index contributed by atoms with van der Waals surface area (Å²) in [5.41, 5.74) is 1.04. The van der Waals surface area contributed by atoms with E-state index in [4.69, 9.17) is 4.74 Å². The molecule has 0 spiro atoms. The summed E-state index contributed by atoms with van der Waals surface area (Å²) in [6, 6.07) is 10.4. The standard InChI is InChI=1S/C22H37NO2/c1-2-3-4-5-6-7-8-12-15-21(23-16-18-25-19-17-23)22(24)20-13-10-9-11-14-20/h9-11,13-14,21-22,24H,2-8,12,15-19H2,1H3. The van der Waals surface area contributed by atoms with Gasteiger partial charge in [0.2, 0.25) is 0 Å². The van der Waals surface area contributed by atoms with E-state index in [0.717, 1.165) is 38.3 Å². The Morgan fingerprint density at radius 3 is 2.16 bits per heavy atom. The first-order valence-corrected chi connectivity index (χ1v) is 10.4. The highest BCUT2D eigenvalue weighted by Gasteiger charge is 2.28. The molecular weight excluding hydrogens is 310 g/mol. The molecule has 1 aliphatic heterocycles. The summed E-state index contributed by atoms with van der Waals surface area (Å²) in [6.07, 6.45) is 11.3. The van der Waals surface area contributed by atoms with Gasteiger partial charge in [0.05, 0.1) is 19.3 Å². The van der Waals surface area contributed by atoms with Gasteiger partial charge in [-0.05, 0) is 12.0 Å². The summed E-state index contributed by atoms with van der Waals surface area (Å²) in [5, 5.41) is 10.9. The fourth-order valence-corrected chi connectivity index (χ4v) is 3.81. The van der Waals surface area contributed by atoms with Gasteiger partial charge in [-0.25, -0.2) is 0 Å². The van der Waals surface area contributed by atoms with Crippen molar-refractivity contribution in [2.24, 2.45) is 0 Å². The van der Waals surface area contributed by atoms with Crippen LogP contribution in [0.1, 0.15) is 76.4 Å². The van der Waals surface area contributed by atoms with Crippen molar-refractivity contribution in [2.45, 2.75) is 76.9 Å². The van der Waals surface area contributed by atoms with Crippen LogP contribution in [0.4, 0.5) is 0 Å². The zero-order valence-electron chi connectivity index (χ0n) is 16.0. The molecule has 2 rings (SSSR count). The van der Waals surface area contributed by atoms with Gasteiger partial charge in [-0.1, -0.05) is 88.6 Å². The molecule has 3 nitrogen and oxygen atoms in total. The van der Waals surface area contributed by atoms with Crippen molar-refractivity contribution in [2.75, 3.05) is 26.3 Å². The van der Waals surface area contributed by atoms with Crippen molar-refractivity contribution in [3.8, 4) is 0 Å². The van der Waals surface area contributed by atoms with Gasteiger partial charge in [0.15, 0.2) is 0 Å². The smallest absolute Gasteiger partial charge is 0.0945 e. The fourth-order valence-electron chi connectivity index (χ4n) is 3.81. The Morgan fingerprint density at radius 1 is 0.920 bits per heavy atom. The molecule has 1 aromatic rings. The van der Waals surface area contributed by atoms with E-state index in [1.807, 2.05) is 30.3 Å². The molecule has 142 valence electrons. The van der Waals surface area contributed by atoms with Crippen molar-refractivity contribution >= 4 is 0 Å². The van der Waals surface area contributed by atoms with Crippen LogP contribution in [0, 0.1) is 0 Å². The van der Waals surface area contributed by atoms with E-state index < -0.39 is 6.10 Å². The number of hydrogen-bond acceptors (Lipinski definition) is 3. The fraction of sp³-hybridized carbons (Fsp3) is 0.727. The lowest BCUT2D eigenvalue weighted by molar-refractivity contribution is -0.0259. The monoisotopic (exact) mass is 347 g/mol. The maximum atomic E-state index is 10.9. The molecule has 0 aromatic heterocycles. The predicted molar refractivity (Wildman–Crippen MR) is 105 cm³/mol. The van der Waals surface area contributed by atoms with Crippen LogP contribution in [-0.2, 0) is 4.74 Å². The molecule has 0 radical (unpaired) electrons. The zero-order valence-corrected chi connectivity index (χ0v) is 16.0. The van der Waals surface area contributed by atoms with Gasteiger partial charge in [-0.2, -0.15) is 0 Å². The molecule has 1 saturated heterocycles. The summed E-state index contributed by atoms with van der Waals surface area (Å²) in [5.74, 6) is 0. The molecule has 2 atom stereocenters. The number of aliphatic hydroxyl groups excluding tert-OH is 1. The number of unbranched alkanes of at least 4 members (excludes halogenated alkanes) is 7. The maximum Gasteiger partial charge on any atom is 0.0945 e. The van der Waals surface area contributed by atoms with E-state index in [0.29, 0.717) is 0 Å². The zero-order chi connectivity index (χ0) is 17.7. The van der Waals surface area contributed by atoms with Gasteiger partial charge < -0.3 is 9.84 Å². The van der Waals surface area contributed by atoms with Gasteiger partial charge in [-0.15, -0.1) is 0 Å². The molecule has 2 unspecified atom stereocenters. The minimum absolute atomic E-state index is 0.214. The van der Waals surface area contributed by atoms with Crippen LogP contribution in [0.15, 0.2) is 30.3 Å². The second kappa shape index (κ2) is 12.5. The second-order valence-corrected chi connectivity index (χ2v) is 7.33. The SMILES string of the molecule is CCCCCCCCCCC(C(O)c1ccccc1)N1CCOCC1. The third-order valence-corrected chi connectivity index (χ3v) is 5.37. The summed E-state index contributed by atoms with van der Waals surface area (Å²) < 4.78 is 5.50. The Morgan fingerprint density at radius 2 is 1.52 bits per heavy atom. The summed E-state index contributed by atoms with van der Waals surface area (Å²) in [7, 11) is 0. The molecular formula is C22H37NO2. The number of nitrogens with zero attached hydrogens (tertiary/aromatic N) is 1. The Hall–Kier alpha value is -0.900. The number of aliphatic hydroxyl groups is 1. The van der Waals surface area contributed by atoms with Crippen LogP contribution in [0.25, 0.3) is 0 Å². The maximum absolute atomic E-state index is 10.9. The molecule has 1 heterocycles. The van der Waals surface area contributed by atoms with E-state index in [1.54, 1.807) is 0 Å². The summed E-state index contributed by atoms with van der Waals surface area (Å²) in [4.78, 5) is 2.43. The minimum Gasteiger partial charge on any atom is -0.387 e. The average molecular weight is 348 g/mol. The van der Waals surface area contributed by atoms with Gasteiger partial charge in [0, 0.05) is 19.1 Å². The molecule has 3 heteroatoms. The highest BCUT2D eigenvalue weighted by atomic mass is 16.5. The van der Waals surface area contributed by atoms with E-state index in [1.165, 1.54) is 51.4 Å². The van der Waals surface area contributed by atoms with Crippen molar-refractivity contribution in [1.82, 2.24) is 4.90 Å². The number of morpholine rings is 1. The quantitative estimate of drug-likeness (QED) is 0.543. The Balaban J connectivity index is 1.78. The van der Waals surface area contributed by atoms with Crippen molar-refractivity contribution in [3.63, 3.8) is 0 Å². The Kier molecular flexibility index (Phi) is 10.2. The van der Waals surface area contributed by atoms with Crippen LogP contribution in [0.2, 0.25) is 0 Å². The molecule has 0 saturated carbocycles. The number of benzene rings is 1. The lowest BCUT2D eigenvalue weighted by Gasteiger charge is -2.37. The second-order valence-electron chi connectivity index (χ2n) is 7.33. The van der Waals surface area contributed by atoms with Gasteiger partial charge in [0.1, 0.15) is 0 Å². The predicted octanol–water partition coefficient (Wildman–Crippen LogP) is 4.95. The molecule has 1 aliphatic rings. The molecule has 1 aromatic carbocycles. The van der Waals surface area contributed by atoms with Gasteiger partial charge in [-0.3, -0.25) is 4.90 Å². The lowest BCUT2D eigenvalue weighted by Crippen LogP contribution is -2.46. The van der Waals surface area contributed by atoms with Crippen molar-refractivity contribution in [1.29, 1.82) is 0 Å². The van der Waals surface area contributed by atoms with E-state index >= 15 is 0 Å². The molecule has 1 fully saturated rings.